The van der Waals surface area contributed by atoms with Gasteiger partial charge in [-0.25, -0.2) is 0 Å². The Balaban J connectivity index is 1.98. The Morgan fingerprint density at radius 1 is 1.46 bits per heavy atom. The number of thiophene rings is 1. The van der Waals surface area contributed by atoms with Gasteiger partial charge in [0.1, 0.15) is 0 Å². The largest absolute Gasteiger partial charge is 0.459 e. The molecule has 0 aliphatic carbocycles. The van der Waals surface area contributed by atoms with Crippen molar-refractivity contribution in [2.75, 3.05) is 33.5 Å². The molecule has 1 amide bonds. The van der Waals surface area contributed by atoms with Crippen LogP contribution in [0.5, 0.6) is 0 Å². The molecule has 0 fully saturated rings. The van der Waals surface area contributed by atoms with E-state index in [2.05, 4.69) is 16.8 Å². The molecule has 2 rings (SSSR count). The first-order valence-corrected chi connectivity index (χ1v) is 9.09. The lowest BCUT2D eigenvalue weighted by Crippen LogP contribution is -2.34. The molecule has 1 aromatic heterocycles. The number of methoxy groups -OCH3 is 1. The van der Waals surface area contributed by atoms with Crippen molar-refractivity contribution in [3.05, 3.63) is 34.2 Å². The number of hydrogen-bond acceptors (Lipinski definition) is 6. The van der Waals surface area contributed by atoms with E-state index in [1.165, 1.54) is 0 Å². The van der Waals surface area contributed by atoms with Crippen LogP contribution >= 0.6 is 11.3 Å². The summed E-state index contributed by atoms with van der Waals surface area (Å²) in [6.07, 6.45) is 3.53. The molecular weight excluding hydrogens is 330 g/mol. The maximum atomic E-state index is 12.3. The molecule has 1 aromatic rings. The molecule has 0 saturated heterocycles. The van der Waals surface area contributed by atoms with Crippen LogP contribution in [0.2, 0.25) is 0 Å². The highest BCUT2D eigenvalue weighted by Gasteiger charge is 2.28. The van der Waals surface area contributed by atoms with Gasteiger partial charge in [0.15, 0.2) is 5.76 Å². The van der Waals surface area contributed by atoms with Crippen molar-refractivity contribution < 1.29 is 24.1 Å². The number of carbonyl (C=O) groups excluding carboxylic acids is 1. The maximum Gasteiger partial charge on any atom is 0.286 e. The number of amides is 1. The SMILES string of the molecule is COCCNC(=O)C1=C[C@H](c2ccsc2)C[C@H](OCCCCO)O1. The Kier molecular flexibility index (Phi) is 8.24. The lowest BCUT2D eigenvalue weighted by molar-refractivity contribution is -0.146. The topological polar surface area (TPSA) is 77.0 Å². The highest BCUT2D eigenvalue weighted by molar-refractivity contribution is 7.08. The van der Waals surface area contributed by atoms with Crippen LogP contribution in [0, 0.1) is 0 Å². The second kappa shape index (κ2) is 10.5. The number of carbonyl (C=O) groups is 1. The van der Waals surface area contributed by atoms with Gasteiger partial charge in [0.25, 0.3) is 5.91 Å². The first-order chi connectivity index (χ1) is 11.7. The Labute approximate surface area is 146 Å². The van der Waals surface area contributed by atoms with E-state index in [9.17, 15) is 4.79 Å². The van der Waals surface area contributed by atoms with Crippen LogP contribution in [0.4, 0.5) is 0 Å². The lowest BCUT2D eigenvalue weighted by atomic mass is 9.95. The molecule has 2 atom stereocenters. The zero-order chi connectivity index (χ0) is 17.2. The average molecular weight is 355 g/mol. The van der Waals surface area contributed by atoms with E-state index in [1.54, 1.807) is 18.4 Å². The van der Waals surface area contributed by atoms with E-state index in [0.29, 0.717) is 38.4 Å². The smallest absolute Gasteiger partial charge is 0.286 e. The first kappa shape index (κ1) is 18.9. The molecule has 0 unspecified atom stereocenters. The fourth-order valence-electron chi connectivity index (χ4n) is 2.42. The van der Waals surface area contributed by atoms with Gasteiger partial charge in [0.05, 0.1) is 13.2 Å². The fraction of sp³-hybridized carbons (Fsp3) is 0.588. The summed E-state index contributed by atoms with van der Waals surface area (Å²) in [5.74, 6) is 0.132. The van der Waals surface area contributed by atoms with Crippen molar-refractivity contribution in [2.24, 2.45) is 0 Å². The van der Waals surface area contributed by atoms with Crippen LogP contribution in [0.15, 0.2) is 28.7 Å². The van der Waals surface area contributed by atoms with Gasteiger partial charge in [0.2, 0.25) is 6.29 Å². The van der Waals surface area contributed by atoms with Crippen LogP contribution in [-0.2, 0) is 19.0 Å². The van der Waals surface area contributed by atoms with Crippen LogP contribution in [0.25, 0.3) is 0 Å². The third-order valence-corrected chi connectivity index (χ3v) is 4.40. The van der Waals surface area contributed by atoms with Gasteiger partial charge < -0.3 is 24.6 Å². The van der Waals surface area contributed by atoms with Crippen molar-refractivity contribution in [1.82, 2.24) is 5.32 Å². The number of allylic oxidation sites excluding steroid dienone is 1. The number of hydrogen-bond donors (Lipinski definition) is 2. The summed E-state index contributed by atoms with van der Waals surface area (Å²) in [4.78, 5) is 12.3. The molecule has 134 valence electrons. The van der Waals surface area contributed by atoms with Gasteiger partial charge in [-0.05, 0) is 41.3 Å². The Morgan fingerprint density at radius 2 is 2.33 bits per heavy atom. The molecule has 0 bridgehead atoms. The van der Waals surface area contributed by atoms with Gasteiger partial charge in [-0.15, -0.1) is 0 Å². The van der Waals surface area contributed by atoms with Gasteiger partial charge >= 0.3 is 0 Å². The van der Waals surface area contributed by atoms with E-state index in [-0.39, 0.29) is 18.4 Å². The molecule has 2 N–H and O–H groups in total. The summed E-state index contributed by atoms with van der Waals surface area (Å²) in [6.45, 7) is 1.54. The summed E-state index contributed by atoms with van der Waals surface area (Å²) in [6, 6.07) is 2.06. The summed E-state index contributed by atoms with van der Waals surface area (Å²) >= 11 is 1.63. The molecule has 0 spiro atoms. The van der Waals surface area contributed by atoms with Crippen molar-refractivity contribution in [1.29, 1.82) is 0 Å². The molecule has 6 nitrogen and oxygen atoms in total. The summed E-state index contributed by atoms with van der Waals surface area (Å²) < 4.78 is 16.4. The number of rotatable bonds is 10. The van der Waals surface area contributed by atoms with Gasteiger partial charge in [-0.3, -0.25) is 4.79 Å². The minimum Gasteiger partial charge on any atom is -0.459 e. The second-order valence-corrected chi connectivity index (χ2v) is 6.31. The number of unbranched alkanes of at least 4 members (excludes halogenated alkanes) is 1. The third-order valence-electron chi connectivity index (χ3n) is 3.70. The van der Waals surface area contributed by atoms with Crippen molar-refractivity contribution in [3.8, 4) is 0 Å². The number of nitrogens with one attached hydrogen (secondary N) is 1. The summed E-state index contributed by atoms with van der Waals surface area (Å²) in [5.41, 5.74) is 1.16. The highest BCUT2D eigenvalue weighted by Crippen LogP contribution is 2.32. The Morgan fingerprint density at radius 3 is 3.04 bits per heavy atom. The molecule has 24 heavy (non-hydrogen) atoms. The standard InChI is InChI=1S/C17H25NO5S/c1-21-8-5-18-17(20)15-10-14(13-4-9-24-12-13)11-16(23-15)22-7-3-2-6-19/h4,9-10,12,14,16,19H,2-3,5-8,11H2,1H3,(H,18,20)/t14-,16+/m0/s1. The number of aliphatic hydroxyl groups is 1. The van der Waals surface area contributed by atoms with Gasteiger partial charge in [0, 0.05) is 32.6 Å². The monoisotopic (exact) mass is 355 g/mol. The molecule has 1 aliphatic heterocycles. The Hall–Kier alpha value is -1.41. The third kappa shape index (κ3) is 5.90. The van der Waals surface area contributed by atoms with Crippen LogP contribution in [-0.4, -0.2) is 50.8 Å². The quantitative estimate of drug-likeness (QED) is 0.628. The van der Waals surface area contributed by atoms with Crippen molar-refractivity contribution in [3.63, 3.8) is 0 Å². The van der Waals surface area contributed by atoms with Crippen LogP contribution in [0.1, 0.15) is 30.7 Å². The average Bonchev–Trinajstić information content (AvgIpc) is 3.13. The molecule has 2 heterocycles. The number of ether oxygens (including phenoxy) is 3. The minimum atomic E-state index is -0.457. The lowest BCUT2D eigenvalue weighted by Gasteiger charge is -2.29. The van der Waals surface area contributed by atoms with Crippen LogP contribution < -0.4 is 5.32 Å². The van der Waals surface area contributed by atoms with Crippen molar-refractivity contribution >= 4 is 17.2 Å². The van der Waals surface area contributed by atoms with Crippen LogP contribution in [0.3, 0.4) is 0 Å². The summed E-state index contributed by atoms with van der Waals surface area (Å²) in [5, 5.41) is 15.7. The van der Waals surface area contributed by atoms with E-state index in [0.717, 1.165) is 12.0 Å². The second-order valence-electron chi connectivity index (χ2n) is 5.53. The molecule has 1 aliphatic rings. The predicted molar refractivity (Wildman–Crippen MR) is 91.8 cm³/mol. The van der Waals surface area contributed by atoms with Crippen molar-refractivity contribution in [2.45, 2.75) is 31.5 Å². The zero-order valence-electron chi connectivity index (χ0n) is 13.9. The molecular formula is C17H25NO5S. The molecule has 0 radical (unpaired) electrons. The Bertz CT molecular complexity index is 517. The highest BCUT2D eigenvalue weighted by atomic mass is 32.1. The van der Waals surface area contributed by atoms with E-state index in [4.69, 9.17) is 19.3 Å². The van der Waals surface area contributed by atoms with E-state index < -0.39 is 6.29 Å². The van der Waals surface area contributed by atoms with E-state index in [1.807, 2.05) is 11.5 Å². The molecule has 0 aromatic carbocycles. The van der Waals surface area contributed by atoms with Gasteiger partial charge in [-0.1, -0.05) is 0 Å². The zero-order valence-corrected chi connectivity index (χ0v) is 14.7. The summed E-state index contributed by atoms with van der Waals surface area (Å²) in [7, 11) is 1.59. The first-order valence-electron chi connectivity index (χ1n) is 8.14. The fourth-order valence-corrected chi connectivity index (χ4v) is 3.14. The molecule has 7 heteroatoms. The normalized spacial score (nSPS) is 20.3. The minimum absolute atomic E-state index is 0.0935. The number of aliphatic hydroxyl groups excluding tert-OH is 1. The van der Waals surface area contributed by atoms with Gasteiger partial charge in [-0.2, -0.15) is 11.3 Å². The predicted octanol–water partition coefficient (Wildman–Crippen LogP) is 2.01. The van der Waals surface area contributed by atoms with E-state index >= 15 is 0 Å². The molecule has 0 saturated carbocycles. The maximum absolute atomic E-state index is 12.3.